The van der Waals surface area contributed by atoms with E-state index in [9.17, 15) is 9.59 Å². The van der Waals surface area contributed by atoms with Gasteiger partial charge in [-0.15, -0.1) is 0 Å². The second-order valence-electron chi connectivity index (χ2n) is 8.74. The van der Waals surface area contributed by atoms with Crippen molar-refractivity contribution in [3.63, 3.8) is 0 Å². The standard InChI is InChI=1S/C23H26N4O3/c1-14-13-18(23(3,4)5)30-19(14)22(29)26-11-8-16(9-12-26)27-15(2)25-21(28)17-7-6-10-24-20(17)27/h6-8,10,13H,9,11-12H2,1-5H3. The van der Waals surface area contributed by atoms with Crippen LogP contribution in [0.3, 0.4) is 0 Å². The van der Waals surface area contributed by atoms with Crippen molar-refractivity contribution in [2.45, 2.75) is 46.5 Å². The first kappa shape index (κ1) is 20.1. The largest absolute Gasteiger partial charge is 0.455 e. The maximum atomic E-state index is 13.1. The molecule has 1 amide bonds. The first-order valence-corrected chi connectivity index (χ1v) is 10.1. The van der Waals surface area contributed by atoms with E-state index in [4.69, 9.17) is 4.42 Å². The smallest absolute Gasteiger partial charge is 0.290 e. The van der Waals surface area contributed by atoms with E-state index in [1.54, 1.807) is 30.2 Å². The third-order valence-electron chi connectivity index (χ3n) is 5.43. The highest BCUT2D eigenvalue weighted by Crippen LogP contribution is 2.29. The zero-order valence-corrected chi connectivity index (χ0v) is 18.0. The first-order chi connectivity index (χ1) is 14.2. The maximum absolute atomic E-state index is 13.1. The molecule has 7 nitrogen and oxygen atoms in total. The van der Waals surface area contributed by atoms with Crippen molar-refractivity contribution in [3.05, 3.63) is 63.7 Å². The van der Waals surface area contributed by atoms with Crippen molar-refractivity contribution in [1.82, 2.24) is 19.4 Å². The fourth-order valence-electron chi connectivity index (χ4n) is 3.75. The van der Waals surface area contributed by atoms with Gasteiger partial charge in [0.05, 0.1) is 5.39 Å². The molecule has 0 atom stereocenters. The second-order valence-corrected chi connectivity index (χ2v) is 8.74. The molecule has 4 rings (SSSR count). The molecule has 0 spiro atoms. The molecule has 1 aliphatic heterocycles. The topological polar surface area (TPSA) is 81.2 Å². The highest BCUT2D eigenvalue weighted by Gasteiger charge is 2.27. The van der Waals surface area contributed by atoms with E-state index in [2.05, 4.69) is 30.7 Å². The van der Waals surface area contributed by atoms with Gasteiger partial charge < -0.3 is 9.32 Å². The Labute approximate surface area is 175 Å². The number of rotatable bonds is 2. The Hall–Kier alpha value is -3.22. The van der Waals surface area contributed by atoms with Gasteiger partial charge in [-0.25, -0.2) is 4.98 Å². The molecular weight excluding hydrogens is 380 g/mol. The van der Waals surface area contributed by atoms with Crippen LogP contribution in [0.1, 0.15) is 54.9 Å². The minimum Gasteiger partial charge on any atom is -0.455 e. The van der Waals surface area contributed by atoms with Gasteiger partial charge in [0, 0.05) is 42.4 Å². The fraction of sp³-hybridized carbons (Fsp3) is 0.391. The number of nitrogens with zero attached hydrogens (tertiary/aromatic N) is 4. The van der Waals surface area contributed by atoms with Gasteiger partial charge in [0.25, 0.3) is 11.5 Å². The molecule has 1 aliphatic rings. The number of furan rings is 1. The predicted octanol–water partition coefficient (Wildman–Crippen LogP) is 3.69. The molecule has 7 heteroatoms. The quantitative estimate of drug-likeness (QED) is 0.648. The van der Waals surface area contributed by atoms with Gasteiger partial charge in [-0.1, -0.05) is 20.8 Å². The summed E-state index contributed by atoms with van der Waals surface area (Å²) in [5.74, 6) is 1.71. The number of amides is 1. The van der Waals surface area contributed by atoms with Crippen LogP contribution in [0.2, 0.25) is 0 Å². The minimum atomic E-state index is -0.275. The number of fused-ring (bicyclic) bond motifs is 1. The van der Waals surface area contributed by atoms with Crippen molar-refractivity contribution in [2.24, 2.45) is 0 Å². The van der Waals surface area contributed by atoms with E-state index < -0.39 is 0 Å². The lowest BCUT2D eigenvalue weighted by atomic mass is 9.93. The molecule has 0 saturated heterocycles. The summed E-state index contributed by atoms with van der Waals surface area (Å²) >= 11 is 0. The molecule has 4 heterocycles. The van der Waals surface area contributed by atoms with Gasteiger partial charge >= 0.3 is 0 Å². The molecule has 0 unspecified atom stereocenters. The highest BCUT2D eigenvalue weighted by atomic mass is 16.4. The van der Waals surface area contributed by atoms with E-state index in [1.807, 2.05) is 23.6 Å². The third kappa shape index (κ3) is 3.44. The Kier molecular flexibility index (Phi) is 4.84. The molecule has 0 aliphatic carbocycles. The Balaban J connectivity index is 1.63. The van der Waals surface area contributed by atoms with Gasteiger partial charge in [-0.2, -0.15) is 4.98 Å². The maximum Gasteiger partial charge on any atom is 0.290 e. The molecule has 0 bridgehead atoms. The number of pyridine rings is 1. The number of carbonyl (C=O) groups is 1. The Morgan fingerprint density at radius 1 is 1.23 bits per heavy atom. The average molecular weight is 406 g/mol. The average Bonchev–Trinajstić information content (AvgIpc) is 3.10. The van der Waals surface area contributed by atoms with Crippen LogP contribution in [0.4, 0.5) is 0 Å². The number of aryl methyl sites for hydroxylation is 2. The molecule has 156 valence electrons. The molecule has 0 radical (unpaired) electrons. The Morgan fingerprint density at radius 2 is 2.00 bits per heavy atom. The van der Waals surface area contributed by atoms with Crippen LogP contribution < -0.4 is 5.56 Å². The SMILES string of the molecule is Cc1cc(C(C)(C)C)oc1C(=O)N1CC=C(n2c(C)nc(=O)c3cccnc32)CC1. The van der Waals surface area contributed by atoms with Crippen LogP contribution in [0, 0.1) is 13.8 Å². The monoisotopic (exact) mass is 406 g/mol. The summed E-state index contributed by atoms with van der Waals surface area (Å²) in [4.78, 5) is 35.6. The summed E-state index contributed by atoms with van der Waals surface area (Å²) in [6.45, 7) is 10.9. The van der Waals surface area contributed by atoms with Gasteiger partial charge in [0.15, 0.2) is 11.4 Å². The molecule has 3 aromatic rings. The molecule has 0 N–H and O–H groups in total. The lowest BCUT2D eigenvalue weighted by Crippen LogP contribution is -2.35. The number of carbonyl (C=O) groups excluding carboxylic acids is 1. The molecule has 0 fully saturated rings. The van der Waals surface area contributed by atoms with Crippen molar-refractivity contribution >= 4 is 22.6 Å². The van der Waals surface area contributed by atoms with Crippen LogP contribution in [0.25, 0.3) is 16.7 Å². The highest BCUT2D eigenvalue weighted by molar-refractivity contribution is 5.93. The Bertz CT molecular complexity index is 1230. The van der Waals surface area contributed by atoms with E-state index in [0.717, 1.165) is 17.0 Å². The zero-order chi connectivity index (χ0) is 21.6. The van der Waals surface area contributed by atoms with Crippen LogP contribution >= 0.6 is 0 Å². The molecule has 3 aromatic heterocycles. The third-order valence-corrected chi connectivity index (χ3v) is 5.43. The second kappa shape index (κ2) is 7.23. The molecule has 30 heavy (non-hydrogen) atoms. The van der Waals surface area contributed by atoms with E-state index in [0.29, 0.717) is 42.1 Å². The number of hydrogen-bond donors (Lipinski definition) is 0. The fourth-order valence-corrected chi connectivity index (χ4v) is 3.75. The van der Waals surface area contributed by atoms with Crippen molar-refractivity contribution < 1.29 is 9.21 Å². The lowest BCUT2D eigenvalue weighted by Gasteiger charge is -2.27. The minimum absolute atomic E-state index is 0.101. The number of hydrogen-bond acceptors (Lipinski definition) is 5. The normalized spacial score (nSPS) is 14.8. The summed E-state index contributed by atoms with van der Waals surface area (Å²) in [5, 5.41) is 0.489. The lowest BCUT2D eigenvalue weighted by molar-refractivity contribution is 0.0735. The summed E-state index contributed by atoms with van der Waals surface area (Å²) in [6.07, 6.45) is 4.30. The zero-order valence-electron chi connectivity index (χ0n) is 18.0. The van der Waals surface area contributed by atoms with Crippen LogP contribution in [-0.2, 0) is 5.41 Å². The molecule has 0 saturated carbocycles. The summed E-state index contributed by atoms with van der Waals surface area (Å²) in [7, 11) is 0. The summed E-state index contributed by atoms with van der Waals surface area (Å²) in [6, 6.07) is 5.42. The van der Waals surface area contributed by atoms with Crippen LogP contribution in [-0.4, -0.2) is 38.4 Å². The van der Waals surface area contributed by atoms with Crippen molar-refractivity contribution in [1.29, 1.82) is 0 Å². The van der Waals surface area contributed by atoms with Gasteiger partial charge in [0.1, 0.15) is 11.6 Å². The predicted molar refractivity (Wildman–Crippen MR) is 115 cm³/mol. The molecular formula is C23H26N4O3. The van der Waals surface area contributed by atoms with Gasteiger partial charge in [-0.3, -0.25) is 14.2 Å². The van der Waals surface area contributed by atoms with Crippen molar-refractivity contribution in [2.75, 3.05) is 13.1 Å². The summed E-state index contributed by atoms with van der Waals surface area (Å²) < 4.78 is 7.83. The van der Waals surface area contributed by atoms with E-state index in [-0.39, 0.29) is 16.9 Å². The van der Waals surface area contributed by atoms with E-state index >= 15 is 0 Å². The van der Waals surface area contributed by atoms with Gasteiger partial charge in [0.2, 0.25) is 0 Å². The van der Waals surface area contributed by atoms with Crippen molar-refractivity contribution in [3.8, 4) is 0 Å². The van der Waals surface area contributed by atoms with Gasteiger partial charge in [-0.05, 0) is 38.1 Å². The van der Waals surface area contributed by atoms with E-state index in [1.165, 1.54) is 0 Å². The van der Waals surface area contributed by atoms with Crippen LogP contribution in [0.15, 0.2) is 39.7 Å². The molecule has 0 aromatic carbocycles. The van der Waals surface area contributed by atoms with Crippen LogP contribution in [0.5, 0.6) is 0 Å². The first-order valence-electron chi connectivity index (χ1n) is 10.1. The Morgan fingerprint density at radius 3 is 2.63 bits per heavy atom. The number of aromatic nitrogens is 3. The summed E-state index contributed by atoms with van der Waals surface area (Å²) in [5.41, 5.74) is 2.01.